The summed E-state index contributed by atoms with van der Waals surface area (Å²) in [5.41, 5.74) is 4.69. The Kier molecular flexibility index (Phi) is 6.91. The number of hydrogen-bond acceptors (Lipinski definition) is 2. The van der Waals surface area contributed by atoms with E-state index in [1.54, 1.807) is 12.1 Å². The second-order valence-electron chi connectivity index (χ2n) is 4.98. The van der Waals surface area contributed by atoms with Crippen molar-refractivity contribution in [2.24, 2.45) is 5.84 Å². The Hall–Kier alpha value is -0.930. The molecule has 1 atom stereocenters. The number of hydrazine groups is 1. The molecule has 0 radical (unpaired) electrons. The fraction of sp³-hybridized carbons (Fsp3) is 0.600. The minimum atomic E-state index is -0.184. The Bertz CT molecular complexity index is 332. The average Bonchev–Trinajstić information content (AvgIpc) is 2.32. The monoisotopic (exact) mass is 252 g/mol. The van der Waals surface area contributed by atoms with Gasteiger partial charge in [-0.25, -0.2) is 4.39 Å². The number of unbranched alkanes of at least 4 members (excludes halogenated alkanes) is 4. The molecule has 0 aliphatic carbocycles. The fourth-order valence-electron chi connectivity index (χ4n) is 2.26. The molecule has 0 heterocycles. The molecule has 3 heteroatoms. The molecule has 2 nitrogen and oxygen atoms in total. The average molecular weight is 252 g/mol. The SMILES string of the molecule is CCCCCCCC(NN)c1cc(C)cc(F)c1. The lowest BCUT2D eigenvalue weighted by Crippen LogP contribution is -2.28. The third-order valence-electron chi connectivity index (χ3n) is 3.26. The van der Waals surface area contributed by atoms with Gasteiger partial charge in [-0.3, -0.25) is 11.3 Å². The van der Waals surface area contributed by atoms with Gasteiger partial charge in [0.2, 0.25) is 0 Å². The van der Waals surface area contributed by atoms with Gasteiger partial charge in [0.25, 0.3) is 0 Å². The standard InChI is InChI=1S/C15H25FN2/c1-3-4-5-6-7-8-15(18-17)13-9-12(2)10-14(16)11-13/h9-11,15,18H,3-8,17H2,1-2H3. The number of hydrogen-bond donors (Lipinski definition) is 2. The van der Waals surface area contributed by atoms with Gasteiger partial charge in [0.05, 0.1) is 0 Å². The van der Waals surface area contributed by atoms with Crippen LogP contribution in [0.15, 0.2) is 18.2 Å². The van der Waals surface area contributed by atoms with Crippen LogP contribution in [0.4, 0.5) is 4.39 Å². The lowest BCUT2D eigenvalue weighted by Gasteiger charge is -2.17. The molecule has 0 spiro atoms. The van der Waals surface area contributed by atoms with Gasteiger partial charge in [0.15, 0.2) is 0 Å². The zero-order valence-electron chi connectivity index (χ0n) is 11.5. The summed E-state index contributed by atoms with van der Waals surface area (Å²) in [6, 6.07) is 5.17. The van der Waals surface area contributed by atoms with E-state index >= 15 is 0 Å². The van der Waals surface area contributed by atoms with Crippen molar-refractivity contribution in [3.8, 4) is 0 Å². The molecule has 0 fully saturated rings. The minimum absolute atomic E-state index is 0.0565. The Morgan fingerprint density at radius 2 is 1.89 bits per heavy atom. The summed E-state index contributed by atoms with van der Waals surface area (Å²) in [7, 11) is 0. The fourth-order valence-corrected chi connectivity index (χ4v) is 2.26. The van der Waals surface area contributed by atoms with E-state index in [2.05, 4.69) is 12.3 Å². The van der Waals surface area contributed by atoms with Crippen molar-refractivity contribution >= 4 is 0 Å². The summed E-state index contributed by atoms with van der Waals surface area (Å²) in [6.45, 7) is 4.11. The molecule has 0 aliphatic rings. The van der Waals surface area contributed by atoms with Gasteiger partial charge >= 0.3 is 0 Å². The van der Waals surface area contributed by atoms with Crippen LogP contribution in [-0.4, -0.2) is 0 Å². The van der Waals surface area contributed by atoms with E-state index in [0.29, 0.717) is 0 Å². The number of rotatable bonds is 8. The van der Waals surface area contributed by atoms with E-state index in [0.717, 1.165) is 24.0 Å². The summed E-state index contributed by atoms with van der Waals surface area (Å²) in [6.07, 6.45) is 7.13. The van der Waals surface area contributed by atoms with E-state index in [4.69, 9.17) is 5.84 Å². The van der Waals surface area contributed by atoms with Crippen LogP contribution < -0.4 is 11.3 Å². The Balaban J connectivity index is 2.49. The number of aryl methyl sites for hydroxylation is 1. The van der Waals surface area contributed by atoms with Gasteiger partial charge < -0.3 is 0 Å². The molecular weight excluding hydrogens is 227 g/mol. The largest absolute Gasteiger partial charge is 0.271 e. The summed E-state index contributed by atoms with van der Waals surface area (Å²) in [4.78, 5) is 0. The van der Waals surface area contributed by atoms with Crippen LogP contribution in [0.1, 0.15) is 62.6 Å². The quantitative estimate of drug-likeness (QED) is 0.417. The number of nitrogens with two attached hydrogens (primary N) is 1. The highest BCUT2D eigenvalue weighted by Gasteiger charge is 2.10. The molecule has 0 saturated carbocycles. The van der Waals surface area contributed by atoms with Crippen LogP contribution in [-0.2, 0) is 0 Å². The van der Waals surface area contributed by atoms with Crippen molar-refractivity contribution in [1.29, 1.82) is 0 Å². The molecule has 1 aromatic carbocycles. The van der Waals surface area contributed by atoms with Crippen LogP contribution in [0.2, 0.25) is 0 Å². The van der Waals surface area contributed by atoms with Gasteiger partial charge in [0.1, 0.15) is 5.82 Å². The van der Waals surface area contributed by atoms with Gasteiger partial charge in [0, 0.05) is 6.04 Å². The maximum atomic E-state index is 13.3. The maximum absolute atomic E-state index is 13.3. The highest BCUT2D eigenvalue weighted by atomic mass is 19.1. The molecule has 1 rings (SSSR count). The molecule has 0 aliphatic heterocycles. The summed E-state index contributed by atoms with van der Waals surface area (Å²) >= 11 is 0. The molecule has 18 heavy (non-hydrogen) atoms. The molecular formula is C15H25FN2. The van der Waals surface area contributed by atoms with Crippen LogP contribution in [0.3, 0.4) is 0 Å². The van der Waals surface area contributed by atoms with E-state index in [1.807, 2.05) is 13.0 Å². The van der Waals surface area contributed by atoms with E-state index in [9.17, 15) is 4.39 Å². The van der Waals surface area contributed by atoms with Crippen LogP contribution >= 0.6 is 0 Å². The first-order valence-corrected chi connectivity index (χ1v) is 6.90. The third kappa shape index (κ3) is 5.15. The van der Waals surface area contributed by atoms with Crippen molar-refractivity contribution in [2.75, 3.05) is 0 Å². The molecule has 0 amide bonds. The first-order valence-electron chi connectivity index (χ1n) is 6.90. The zero-order valence-corrected chi connectivity index (χ0v) is 11.5. The van der Waals surface area contributed by atoms with E-state index in [-0.39, 0.29) is 11.9 Å². The first kappa shape index (κ1) is 15.1. The smallest absolute Gasteiger partial charge is 0.123 e. The highest BCUT2D eigenvalue weighted by molar-refractivity contribution is 5.26. The number of benzene rings is 1. The number of halogens is 1. The predicted octanol–water partition coefficient (Wildman–Crippen LogP) is 4.00. The lowest BCUT2D eigenvalue weighted by molar-refractivity contribution is 0.476. The van der Waals surface area contributed by atoms with Crippen LogP contribution in [0, 0.1) is 12.7 Å². The second-order valence-corrected chi connectivity index (χ2v) is 4.98. The highest BCUT2D eigenvalue weighted by Crippen LogP contribution is 2.21. The summed E-state index contributed by atoms with van der Waals surface area (Å²) in [5.74, 6) is 5.39. The molecule has 3 N–H and O–H groups in total. The number of nitrogens with one attached hydrogen (secondary N) is 1. The Morgan fingerprint density at radius 1 is 1.17 bits per heavy atom. The predicted molar refractivity (Wildman–Crippen MR) is 74.6 cm³/mol. The molecule has 0 bridgehead atoms. The molecule has 1 aromatic rings. The zero-order chi connectivity index (χ0) is 13.4. The van der Waals surface area contributed by atoms with Gasteiger partial charge in [-0.1, -0.05) is 45.1 Å². The molecule has 0 saturated heterocycles. The van der Waals surface area contributed by atoms with Crippen molar-refractivity contribution in [1.82, 2.24) is 5.43 Å². The van der Waals surface area contributed by atoms with E-state index < -0.39 is 0 Å². The summed E-state index contributed by atoms with van der Waals surface area (Å²) in [5, 5.41) is 0. The molecule has 102 valence electrons. The normalized spacial score (nSPS) is 12.7. The summed E-state index contributed by atoms with van der Waals surface area (Å²) < 4.78 is 13.3. The van der Waals surface area contributed by atoms with Crippen molar-refractivity contribution < 1.29 is 4.39 Å². The first-order chi connectivity index (χ1) is 8.67. The van der Waals surface area contributed by atoms with Gasteiger partial charge in [-0.05, 0) is 36.6 Å². The maximum Gasteiger partial charge on any atom is 0.123 e. The lowest BCUT2D eigenvalue weighted by atomic mass is 9.99. The second kappa shape index (κ2) is 8.22. The third-order valence-corrected chi connectivity index (χ3v) is 3.26. The van der Waals surface area contributed by atoms with E-state index in [1.165, 1.54) is 25.7 Å². The van der Waals surface area contributed by atoms with Gasteiger partial charge in [-0.15, -0.1) is 0 Å². The minimum Gasteiger partial charge on any atom is -0.271 e. The van der Waals surface area contributed by atoms with Gasteiger partial charge in [-0.2, -0.15) is 0 Å². The van der Waals surface area contributed by atoms with Crippen LogP contribution in [0.25, 0.3) is 0 Å². The van der Waals surface area contributed by atoms with Crippen molar-refractivity contribution in [3.05, 3.63) is 35.1 Å². The van der Waals surface area contributed by atoms with Crippen molar-refractivity contribution in [2.45, 2.75) is 58.4 Å². The molecule has 0 aromatic heterocycles. The Morgan fingerprint density at radius 3 is 2.50 bits per heavy atom. The topological polar surface area (TPSA) is 38.0 Å². The van der Waals surface area contributed by atoms with Crippen LogP contribution in [0.5, 0.6) is 0 Å². The Labute approximate surface area is 110 Å². The van der Waals surface area contributed by atoms with Crippen molar-refractivity contribution in [3.63, 3.8) is 0 Å². The molecule has 1 unspecified atom stereocenters.